The van der Waals surface area contributed by atoms with E-state index in [1.165, 1.54) is 11.3 Å². The van der Waals surface area contributed by atoms with Crippen molar-refractivity contribution in [3.05, 3.63) is 21.3 Å². The Bertz CT molecular complexity index is 238. The van der Waals surface area contributed by atoms with Crippen LogP contribution in [0.25, 0.3) is 0 Å². The van der Waals surface area contributed by atoms with Gasteiger partial charge in [0.1, 0.15) is 4.83 Å². The highest BCUT2D eigenvalue weighted by Gasteiger charge is 2.22. The van der Waals surface area contributed by atoms with E-state index in [2.05, 4.69) is 15.9 Å². The van der Waals surface area contributed by atoms with Gasteiger partial charge in [-0.25, -0.2) is 8.78 Å². The molecule has 0 saturated heterocycles. The molecular weight excluding hydrogens is 257 g/mol. The van der Waals surface area contributed by atoms with Gasteiger partial charge in [-0.3, -0.25) is 0 Å². The summed E-state index contributed by atoms with van der Waals surface area (Å²) in [6.07, 6.45) is -2.41. The lowest BCUT2D eigenvalue weighted by Crippen LogP contribution is -1.98. The van der Waals surface area contributed by atoms with Crippen LogP contribution >= 0.6 is 38.9 Å². The fourth-order valence-electron chi connectivity index (χ4n) is 0.617. The Morgan fingerprint density at radius 1 is 1.55 bits per heavy atom. The first kappa shape index (κ1) is 9.42. The number of rotatable bonds is 2. The van der Waals surface area contributed by atoms with Crippen LogP contribution in [0.3, 0.4) is 0 Å². The molecule has 0 spiro atoms. The third kappa shape index (κ3) is 2.13. The van der Waals surface area contributed by atoms with Crippen molar-refractivity contribution >= 4 is 38.9 Å². The van der Waals surface area contributed by atoms with Crippen LogP contribution in [0, 0.1) is 0 Å². The SMILES string of the molecule is FC(F)C(Br)c1sccc1Cl. The van der Waals surface area contributed by atoms with E-state index in [0.717, 1.165) is 0 Å². The second-order valence-electron chi connectivity index (χ2n) is 1.87. The molecule has 0 aliphatic heterocycles. The van der Waals surface area contributed by atoms with Gasteiger partial charge in [0.15, 0.2) is 0 Å². The minimum Gasteiger partial charge on any atom is -0.209 e. The Labute approximate surface area is 80.3 Å². The van der Waals surface area contributed by atoms with Gasteiger partial charge in [0, 0.05) is 4.88 Å². The highest BCUT2D eigenvalue weighted by Crippen LogP contribution is 2.37. The summed E-state index contributed by atoms with van der Waals surface area (Å²) in [5.41, 5.74) is 0. The van der Waals surface area contributed by atoms with Gasteiger partial charge in [0.25, 0.3) is 6.43 Å². The highest BCUT2D eigenvalue weighted by atomic mass is 79.9. The number of hydrogen-bond donors (Lipinski definition) is 0. The minimum absolute atomic E-state index is 0.400. The van der Waals surface area contributed by atoms with E-state index in [4.69, 9.17) is 11.6 Å². The van der Waals surface area contributed by atoms with E-state index in [-0.39, 0.29) is 0 Å². The summed E-state index contributed by atoms with van der Waals surface area (Å²) < 4.78 is 24.1. The molecule has 0 bridgehead atoms. The van der Waals surface area contributed by atoms with Crippen molar-refractivity contribution in [2.75, 3.05) is 0 Å². The third-order valence-corrected chi connectivity index (χ3v) is 3.72. The van der Waals surface area contributed by atoms with Crippen molar-refractivity contribution in [3.8, 4) is 0 Å². The van der Waals surface area contributed by atoms with Gasteiger partial charge in [0.05, 0.1) is 5.02 Å². The summed E-state index contributed by atoms with van der Waals surface area (Å²) in [5.74, 6) is 0. The van der Waals surface area contributed by atoms with Crippen LogP contribution in [-0.2, 0) is 0 Å². The highest BCUT2D eigenvalue weighted by molar-refractivity contribution is 9.09. The zero-order valence-electron chi connectivity index (χ0n) is 5.23. The molecule has 0 nitrogen and oxygen atoms in total. The van der Waals surface area contributed by atoms with Crippen molar-refractivity contribution in [2.45, 2.75) is 11.3 Å². The monoisotopic (exact) mass is 260 g/mol. The fourth-order valence-corrected chi connectivity index (χ4v) is 2.47. The first-order valence-electron chi connectivity index (χ1n) is 2.78. The maximum atomic E-state index is 12.1. The fraction of sp³-hybridized carbons (Fsp3) is 0.333. The number of alkyl halides is 3. The molecule has 1 rings (SSSR count). The molecule has 0 aliphatic rings. The Balaban J connectivity index is 2.84. The Kier molecular flexibility index (Phi) is 3.28. The largest absolute Gasteiger partial charge is 0.255 e. The van der Waals surface area contributed by atoms with Crippen LogP contribution < -0.4 is 0 Å². The number of halogens is 4. The molecule has 5 heteroatoms. The summed E-state index contributed by atoms with van der Waals surface area (Å²) in [4.78, 5) is -0.448. The predicted octanol–water partition coefficient (Wildman–Crippen LogP) is 4.10. The molecular formula is C6H4BrClF2S. The number of hydrogen-bond acceptors (Lipinski definition) is 1. The van der Waals surface area contributed by atoms with E-state index in [1.807, 2.05) is 0 Å². The molecule has 0 saturated carbocycles. The molecule has 0 N–H and O–H groups in total. The standard InChI is InChI=1S/C6H4BrClF2S/c7-4(6(9)10)5-3(8)1-2-11-5/h1-2,4,6H. The van der Waals surface area contributed by atoms with Crippen molar-refractivity contribution in [1.82, 2.24) is 0 Å². The third-order valence-electron chi connectivity index (χ3n) is 1.12. The molecule has 1 aromatic rings. The Morgan fingerprint density at radius 2 is 2.18 bits per heavy atom. The summed E-state index contributed by atoms with van der Waals surface area (Å²) in [6, 6.07) is 1.61. The summed E-state index contributed by atoms with van der Waals surface area (Å²) >= 11 is 9.71. The normalized spacial score (nSPS) is 13.9. The van der Waals surface area contributed by atoms with Gasteiger partial charge < -0.3 is 0 Å². The second kappa shape index (κ2) is 3.83. The average Bonchev–Trinajstić information content (AvgIpc) is 2.33. The quantitative estimate of drug-likeness (QED) is 0.703. The lowest BCUT2D eigenvalue weighted by atomic mass is 10.3. The zero-order chi connectivity index (χ0) is 8.43. The summed E-state index contributed by atoms with van der Waals surface area (Å²) in [5, 5.41) is 2.09. The van der Waals surface area contributed by atoms with E-state index in [9.17, 15) is 8.78 Å². The average molecular weight is 262 g/mol. The van der Waals surface area contributed by atoms with E-state index < -0.39 is 11.3 Å². The maximum Gasteiger partial charge on any atom is 0.255 e. The van der Waals surface area contributed by atoms with Crippen LogP contribution in [-0.4, -0.2) is 6.43 Å². The van der Waals surface area contributed by atoms with Crippen LogP contribution in [0.2, 0.25) is 5.02 Å². The van der Waals surface area contributed by atoms with E-state index in [1.54, 1.807) is 11.4 Å². The molecule has 0 aliphatic carbocycles. The Morgan fingerprint density at radius 3 is 2.55 bits per heavy atom. The molecule has 1 aromatic heterocycles. The molecule has 0 radical (unpaired) electrons. The van der Waals surface area contributed by atoms with Crippen LogP contribution in [0.4, 0.5) is 8.78 Å². The molecule has 62 valence electrons. The van der Waals surface area contributed by atoms with E-state index >= 15 is 0 Å². The first-order valence-corrected chi connectivity index (χ1v) is 4.95. The maximum absolute atomic E-state index is 12.1. The molecule has 0 amide bonds. The van der Waals surface area contributed by atoms with Crippen molar-refractivity contribution < 1.29 is 8.78 Å². The van der Waals surface area contributed by atoms with Crippen molar-refractivity contribution in [3.63, 3.8) is 0 Å². The lowest BCUT2D eigenvalue weighted by Gasteiger charge is -2.05. The summed E-state index contributed by atoms with van der Waals surface area (Å²) in [7, 11) is 0. The molecule has 1 atom stereocenters. The topological polar surface area (TPSA) is 0 Å². The van der Waals surface area contributed by atoms with Gasteiger partial charge in [-0.05, 0) is 11.4 Å². The van der Waals surface area contributed by atoms with Gasteiger partial charge in [-0.15, -0.1) is 11.3 Å². The lowest BCUT2D eigenvalue weighted by molar-refractivity contribution is 0.148. The van der Waals surface area contributed by atoms with Gasteiger partial charge in [-0.2, -0.15) is 0 Å². The summed E-state index contributed by atoms with van der Waals surface area (Å²) in [6.45, 7) is 0. The molecule has 0 aromatic carbocycles. The van der Waals surface area contributed by atoms with Crippen molar-refractivity contribution in [1.29, 1.82) is 0 Å². The minimum atomic E-state index is -2.41. The predicted molar refractivity (Wildman–Crippen MR) is 47.0 cm³/mol. The van der Waals surface area contributed by atoms with Crippen LogP contribution in [0.1, 0.15) is 9.70 Å². The van der Waals surface area contributed by atoms with E-state index in [0.29, 0.717) is 9.90 Å². The molecule has 11 heavy (non-hydrogen) atoms. The molecule has 1 unspecified atom stereocenters. The first-order chi connectivity index (χ1) is 5.13. The molecule has 1 heterocycles. The zero-order valence-corrected chi connectivity index (χ0v) is 8.39. The molecule has 0 fully saturated rings. The van der Waals surface area contributed by atoms with Crippen LogP contribution in [0.5, 0.6) is 0 Å². The number of thiophene rings is 1. The second-order valence-corrected chi connectivity index (χ2v) is 4.21. The van der Waals surface area contributed by atoms with Gasteiger partial charge in [-0.1, -0.05) is 27.5 Å². The van der Waals surface area contributed by atoms with Gasteiger partial charge in [0.2, 0.25) is 0 Å². The Hall–Kier alpha value is 0.330. The smallest absolute Gasteiger partial charge is 0.209 e. The van der Waals surface area contributed by atoms with Gasteiger partial charge >= 0.3 is 0 Å². The van der Waals surface area contributed by atoms with Crippen LogP contribution in [0.15, 0.2) is 11.4 Å². The van der Waals surface area contributed by atoms with Crippen molar-refractivity contribution in [2.24, 2.45) is 0 Å².